The highest BCUT2D eigenvalue weighted by molar-refractivity contribution is 9.10. The zero-order valence-corrected chi connectivity index (χ0v) is 21.3. The Morgan fingerprint density at radius 3 is 2.61 bits per heavy atom. The first kappa shape index (κ1) is 24.7. The third-order valence-electron chi connectivity index (χ3n) is 5.27. The van der Waals surface area contributed by atoms with Gasteiger partial charge in [-0.25, -0.2) is 0 Å². The summed E-state index contributed by atoms with van der Waals surface area (Å²) >= 11 is 6.63. The molecule has 0 amide bonds. The molecule has 0 atom stereocenters. The maximum absolute atomic E-state index is 13.8. The number of halogens is 5. The Balaban J connectivity index is 1.50. The fourth-order valence-corrected chi connectivity index (χ4v) is 4.61. The van der Waals surface area contributed by atoms with Gasteiger partial charge in [-0.15, -0.1) is 0 Å². The van der Waals surface area contributed by atoms with Crippen LogP contribution in [-0.4, -0.2) is 6.79 Å². The van der Waals surface area contributed by atoms with Gasteiger partial charge in [0.05, 0.1) is 16.5 Å². The Morgan fingerprint density at radius 2 is 1.83 bits per heavy atom. The number of benzene rings is 3. The lowest BCUT2D eigenvalue weighted by Gasteiger charge is -2.21. The summed E-state index contributed by atoms with van der Waals surface area (Å²) in [5.74, 6) is -1.61. The van der Waals surface area contributed by atoms with Crippen molar-refractivity contribution in [2.24, 2.45) is 0 Å². The summed E-state index contributed by atoms with van der Waals surface area (Å²) < 4.78 is 69.9. The van der Waals surface area contributed by atoms with Crippen LogP contribution in [0.3, 0.4) is 0 Å². The molecule has 4 aromatic rings. The number of rotatable bonds is 5. The molecule has 1 aliphatic rings. The highest BCUT2D eigenvalue weighted by Crippen LogP contribution is 2.40. The molecule has 6 nitrogen and oxygen atoms in total. The maximum Gasteiger partial charge on any atom is 0.453 e. The normalized spacial score (nSPS) is 13.2. The second-order valence-corrected chi connectivity index (χ2v) is 9.50. The summed E-state index contributed by atoms with van der Waals surface area (Å²) in [6.45, 7) is 0.549. The topological polar surface area (TPSA) is 67.1 Å². The number of hydrogen-bond acceptors (Lipinski definition) is 6. The molecule has 3 aromatic carbocycles. The first-order chi connectivity index (χ1) is 17.2. The molecule has 1 aromatic heterocycles. The van der Waals surface area contributed by atoms with E-state index in [-0.39, 0.29) is 35.9 Å². The van der Waals surface area contributed by atoms with E-state index in [1.54, 1.807) is 18.2 Å². The Bertz CT molecular complexity index is 1520. The van der Waals surface area contributed by atoms with Crippen LogP contribution in [0.1, 0.15) is 16.9 Å². The van der Waals surface area contributed by atoms with E-state index in [0.717, 1.165) is 15.6 Å². The molecule has 36 heavy (non-hydrogen) atoms. The lowest BCUT2D eigenvalue weighted by atomic mass is 10.1. The van der Waals surface area contributed by atoms with Gasteiger partial charge < -0.3 is 23.4 Å². The van der Waals surface area contributed by atoms with Crippen LogP contribution >= 0.6 is 31.9 Å². The second kappa shape index (κ2) is 9.79. The van der Waals surface area contributed by atoms with Gasteiger partial charge in [-0.1, -0.05) is 28.1 Å². The van der Waals surface area contributed by atoms with Gasteiger partial charge in [-0.3, -0.25) is 4.79 Å². The molecule has 186 valence electrons. The molecule has 0 N–H and O–H groups in total. The second-order valence-electron chi connectivity index (χ2n) is 7.73. The summed E-state index contributed by atoms with van der Waals surface area (Å²) in [4.78, 5) is 13.0. The van der Waals surface area contributed by atoms with Crippen LogP contribution in [0.5, 0.6) is 23.0 Å². The molecule has 1 aliphatic heterocycles. The van der Waals surface area contributed by atoms with Crippen molar-refractivity contribution in [2.75, 3.05) is 6.79 Å². The van der Waals surface area contributed by atoms with E-state index in [1.165, 1.54) is 24.3 Å². The minimum atomic E-state index is -4.98. The van der Waals surface area contributed by atoms with Gasteiger partial charge in [0, 0.05) is 21.7 Å². The summed E-state index contributed by atoms with van der Waals surface area (Å²) in [6, 6.07) is 14.0. The van der Waals surface area contributed by atoms with Gasteiger partial charge in [-0.05, 0) is 52.3 Å². The van der Waals surface area contributed by atoms with Crippen LogP contribution in [0.2, 0.25) is 0 Å². The zero-order chi connectivity index (χ0) is 25.4. The molecule has 0 aliphatic carbocycles. The number of para-hydroxylation sites is 1. The van der Waals surface area contributed by atoms with E-state index >= 15 is 0 Å². The Labute approximate surface area is 218 Å². The van der Waals surface area contributed by atoms with E-state index in [2.05, 4.69) is 31.9 Å². The summed E-state index contributed by atoms with van der Waals surface area (Å²) in [5, 5.41) is -0.0854. The molecule has 0 saturated carbocycles. The zero-order valence-electron chi connectivity index (χ0n) is 18.2. The quantitative estimate of drug-likeness (QED) is 0.227. The standard InChI is InChI=1S/C25H15Br2F3O6/c26-15-7-13-10-32-12-34-22(13)14(8-15)11-33-16-5-6-17-20(9-16)36-24(25(28,29)30)23(21(17)31)35-19-4-2-1-3-18(19)27/h1-9H,10-12H2. The fraction of sp³-hybridized carbons (Fsp3) is 0.160. The maximum atomic E-state index is 13.8. The van der Waals surface area contributed by atoms with Crippen molar-refractivity contribution in [1.82, 2.24) is 0 Å². The monoisotopic (exact) mass is 626 g/mol. The average Bonchev–Trinajstić information content (AvgIpc) is 2.84. The molecule has 11 heteroatoms. The van der Waals surface area contributed by atoms with Crippen molar-refractivity contribution >= 4 is 42.8 Å². The molecular formula is C25H15Br2F3O6. The number of ether oxygens (including phenoxy) is 4. The van der Waals surface area contributed by atoms with E-state index in [1.807, 2.05) is 12.1 Å². The van der Waals surface area contributed by atoms with E-state index in [0.29, 0.717) is 16.8 Å². The smallest absolute Gasteiger partial charge is 0.453 e. The van der Waals surface area contributed by atoms with E-state index < -0.39 is 23.1 Å². The first-order valence-corrected chi connectivity index (χ1v) is 12.0. The Kier molecular flexibility index (Phi) is 6.71. The number of alkyl halides is 3. The van der Waals surface area contributed by atoms with E-state index in [4.69, 9.17) is 23.4 Å². The highest BCUT2D eigenvalue weighted by atomic mass is 79.9. The van der Waals surface area contributed by atoms with E-state index in [9.17, 15) is 18.0 Å². The predicted molar refractivity (Wildman–Crippen MR) is 130 cm³/mol. The van der Waals surface area contributed by atoms with Crippen molar-refractivity contribution in [3.05, 3.63) is 90.7 Å². The average molecular weight is 628 g/mol. The SMILES string of the molecule is O=c1c(Oc2ccccc2Br)c(C(F)(F)F)oc2cc(OCc3cc(Br)cc4c3OCOC4)ccc12. The minimum Gasteiger partial charge on any atom is -0.489 e. The lowest BCUT2D eigenvalue weighted by Crippen LogP contribution is -2.15. The molecule has 0 bridgehead atoms. The van der Waals surface area contributed by atoms with Gasteiger partial charge in [0.15, 0.2) is 6.79 Å². The van der Waals surface area contributed by atoms with Gasteiger partial charge in [-0.2, -0.15) is 13.2 Å². The van der Waals surface area contributed by atoms with Gasteiger partial charge in [0.1, 0.15) is 29.4 Å². The minimum absolute atomic E-state index is 0.0413. The van der Waals surface area contributed by atoms with Crippen LogP contribution in [0.15, 0.2) is 72.8 Å². The number of fused-ring (bicyclic) bond motifs is 2. The molecular weight excluding hydrogens is 613 g/mol. The van der Waals surface area contributed by atoms with Crippen molar-refractivity contribution in [3.8, 4) is 23.0 Å². The van der Waals surface area contributed by atoms with Crippen LogP contribution in [-0.2, 0) is 24.1 Å². The summed E-state index contributed by atoms with van der Waals surface area (Å²) in [5.41, 5.74) is 0.314. The molecule has 5 rings (SSSR count). The van der Waals surface area contributed by atoms with Gasteiger partial charge in [0.25, 0.3) is 5.76 Å². The summed E-state index contributed by atoms with van der Waals surface area (Å²) in [6.07, 6.45) is -4.98. The van der Waals surface area contributed by atoms with Crippen molar-refractivity contribution in [1.29, 1.82) is 0 Å². The largest absolute Gasteiger partial charge is 0.489 e. The van der Waals surface area contributed by atoms with Gasteiger partial charge in [0.2, 0.25) is 11.2 Å². The third kappa shape index (κ3) is 4.95. The molecule has 0 saturated heterocycles. The first-order valence-electron chi connectivity index (χ1n) is 10.5. The van der Waals surface area contributed by atoms with Crippen molar-refractivity contribution in [2.45, 2.75) is 19.4 Å². The molecule has 0 radical (unpaired) electrons. The van der Waals surface area contributed by atoms with Crippen molar-refractivity contribution < 1.29 is 36.5 Å². The summed E-state index contributed by atoms with van der Waals surface area (Å²) in [7, 11) is 0. The predicted octanol–water partition coefficient (Wildman–Crippen LogP) is 7.57. The van der Waals surface area contributed by atoms with Crippen LogP contribution in [0.4, 0.5) is 13.2 Å². The Morgan fingerprint density at radius 1 is 1.03 bits per heavy atom. The third-order valence-corrected chi connectivity index (χ3v) is 6.39. The molecule has 0 spiro atoms. The molecule has 0 fully saturated rings. The van der Waals surface area contributed by atoms with Crippen LogP contribution in [0.25, 0.3) is 11.0 Å². The molecule has 2 heterocycles. The van der Waals surface area contributed by atoms with Gasteiger partial charge >= 0.3 is 6.18 Å². The van der Waals surface area contributed by atoms with Crippen LogP contribution in [0, 0.1) is 0 Å². The Hall–Kier alpha value is -3.02. The highest BCUT2D eigenvalue weighted by Gasteiger charge is 2.40. The lowest BCUT2D eigenvalue weighted by molar-refractivity contribution is -0.154. The number of hydrogen-bond donors (Lipinski definition) is 0. The van der Waals surface area contributed by atoms with Crippen LogP contribution < -0.4 is 19.6 Å². The molecule has 0 unspecified atom stereocenters. The fourth-order valence-electron chi connectivity index (χ4n) is 3.69. The van der Waals surface area contributed by atoms with Crippen molar-refractivity contribution in [3.63, 3.8) is 0 Å².